The Morgan fingerprint density at radius 1 is 1.56 bits per heavy atom. The van der Waals surface area contributed by atoms with Crippen LogP contribution in [0, 0.1) is 17.0 Å². The number of benzene rings is 1. The van der Waals surface area contributed by atoms with Crippen molar-refractivity contribution >= 4 is 27.5 Å². The molecule has 0 heterocycles. The van der Waals surface area contributed by atoms with Gasteiger partial charge in [-0.2, -0.15) is 0 Å². The molecule has 0 fully saturated rings. The van der Waals surface area contributed by atoms with Crippen molar-refractivity contribution in [2.24, 2.45) is 0 Å². The van der Waals surface area contributed by atoms with Crippen LogP contribution in [-0.2, 0) is 0 Å². The van der Waals surface area contributed by atoms with E-state index in [2.05, 4.69) is 21.2 Å². The van der Waals surface area contributed by atoms with Crippen LogP contribution in [-0.4, -0.2) is 22.2 Å². The predicted molar refractivity (Wildman–Crippen MR) is 73.2 cm³/mol. The molecule has 0 radical (unpaired) electrons. The lowest BCUT2D eigenvalue weighted by atomic mass is 10.1. The van der Waals surface area contributed by atoms with Crippen molar-refractivity contribution in [3.8, 4) is 0 Å². The Balaban J connectivity index is 2.72. The molecule has 1 amide bonds. The number of alkyl halides is 1. The van der Waals surface area contributed by atoms with Crippen LogP contribution in [0.25, 0.3) is 0 Å². The van der Waals surface area contributed by atoms with Crippen LogP contribution in [0.5, 0.6) is 0 Å². The molecule has 0 spiro atoms. The number of carbonyl (C=O) groups excluding carboxylic acids is 1. The minimum Gasteiger partial charge on any atom is -0.352 e. The maximum atomic E-state index is 11.8. The fraction of sp³-hybridized carbons (Fsp3) is 0.417. The highest BCUT2D eigenvalue weighted by molar-refractivity contribution is 9.09. The van der Waals surface area contributed by atoms with Crippen LogP contribution < -0.4 is 5.32 Å². The topological polar surface area (TPSA) is 72.2 Å². The summed E-state index contributed by atoms with van der Waals surface area (Å²) in [6, 6.07) is 4.23. The summed E-state index contributed by atoms with van der Waals surface area (Å²) in [4.78, 5) is 22.3. The van der Waals surface area contributed by atoms with E-state index in [-0.39, 0.29) is 11.6 Å². The first-order chi connectivity index (χ1) is 8.41. The van der Waals surface area contributed by atoms with Crippen molar-refractivity contribution in [1.29, 1.82) is 0 Å². The first kappa shape index (κ1) is 14.6. The lowest BCUT2D eigenvalue weighted by molar-refractivity contribution is -0.384. The van der Waals surface area contributed by atoms with Crippen molar-refractivity contribution in [3.05, 3.63) is 39.4 Å². The molecular formula is C12H15BrN2O3. The van der Waals surface area contributed by atoms with Gasteiger partial charge < -0.3 is 5.32 Å². The van der Waals surface area contributed by atoms with Gasteiger partial charge in [-0.3, -0.25) is 14.9 Å². The number of non-ortho nitro benzene ring substituents is 1. The number of nitro groups is 1. The van der Waals surface area contributed by atoms with Crippen LogP contribution in [0.15, 0.2) is 18.2 Å². The Labute approximate surface area is 114 Å². The fourth-order valence-corrected chi connectivity index (χ4v) is 1.72. The largest absolute Gasteiger partial charge is 0.352 e. The van der Waals surface area contributed by atoms with Crippen LogP contribution >= 0.6 is 15.9 Å². The van der Waals surface area contributed by atoms with Gasteiger partial charge in [0.15, 0.2) is 0 Å². The lowest BCUT2D eigenvalue weighted by Crippen LogP contribution is -2.26. The van der Waals surface area contributed by atoms with Gasteiger partial charge in [-0.1, -0.05) is 22.9 Å². The molecule has 0 saturated heterocycles. The first-order valence-electron chi connectivity index (χ1n) is 5.59. The summed E-state index contributed by atoms with van der Waals surface area (Å²) in [6.45, 7) is 4.26. The molecule has 0 aliphatic rings. The van der Waals surface area contributed by atoms with Gasteiger partial charge in [0.2, 0.25) is 0 Å². The Morgan fingerprint density at radius 3 is 2.72 bits per heavy atom. The average Bonchev–Trinajstić information content (AvgIpc) is 2.27. The molecule has 1 atom stereocenters. The zero-order valence-electron chi connectivity index (χ0n) is 10.3. The number of carbonyl (C=O) groups is 1. The van der Waals surface area contributed by atoms with Gasteiger partial charge in [0, 0.05) is 29.1 Å². The molecule has 1 N–H and O–H groups in total. The van der Waals surface area contributed by atoms with E-state index < -0.39 is 4.92 Å². The molecule has 18 heavy (non-hydrogen) atoms. The van der Waals surface area contributed by atoms with Gasteiger partial charge in [-0.05, 0) is 25.0 Å². The number of nitrogens with zero attached hydrogens (tertiary/aromatic N) is 1. The van der Waals surface area contributed by atoms with E-state index in [1.54, 1.807) is 6.92 Å². The van der Waals surface area contributed by atoms with Crippen molar-refractivity contribution in [1.82, 2.24) is 5.32 Å². The molecule has 1 aromatic carbocycles. The summed E-state index contributed by atoms with van der Waals surface area (Å²) < 4.78 is 0. The Morgan fingerprint density at radius 2 is 2.22 bits per heavy atom. The molecule has 0 saturated carbocycles. The van der Waals surface area contributed by atoms with Crippen molar-refractivity contribution in [2.45, 2.75) is 25.1 Å². The van der Waals surface area contributed by atoms with Crippen molar-refractivity contribution in [2.75, 3.05) is 6.54 Å². The van der Waals surface area contributed by atoms with E-state index in [4.69, 9.17) is 0 Å². The van der Waals surface area contributed by atoms with Crippen LogP contribution in [0.3, 0.4) is 0 Å². The van der Waals surface area contributed by atoms with Gasteiger partial charge >= 0.3 is 0 Å². The molecule has 98 valence electrons. The number of nitro benzene ring substituents is 1. The highest BCUT2D eigenvalue weighted by atomic mass is 79.9. The van der Waals surface area contributed by atoms with Crippen LogP contribution in [0.4, 0.5) is 5.69 Å². The molecule has 1 aromatic rings. The molecule has 0 aliphatic carbocycles. The molecular weight excluding hydrogens is 300 g/mol. The number of aryl methyl sites for hydroxylation is 1. The lowest BCUT2D eigenvalue weighted by Gasteiger charge is -2.08. The van der Waals surface area contributed by atoms with Gasteiger partial charge in [0.05, 0.1) is 4.92 Å². The van der Waals surface area contributed by atoms with Gasteiger partial charge in [0.1, 0.15) is 0 Å². The molecule has 5 nitrogen and oxygen atoms in total. The average molecular weight is 315 g/mol. The fourth-order valence-electron chi connectivity index (χ4n) is 1.50. The second-order valence-corrected chi connectivity index (χ2v) is 5.64. The Bertz CT molecular complexity index is 461. The summed E-state index contributed by atoms with van der Waals surface area (Å²) in [5.41, 5.74) is 1.08. The monoisotopic (exact) mass is 314 g/mol. The number of nitrogens with one attached hydrogen (secondary N) is 1. The molecule has 0 aliphatic heterocycles. The molecule has 6 heteroatoms. The second-order valence-electron chi connectivity index (χ2n) is 4.08. The molecule has 0 bridgehead atoms. The highest BCUT2D eigenvalue weighted by Crippen LogP contribution is 2.17. The minimum absolute atomic E-state index is 0.00173. The molecule has 0 aromatic heterocycles. The quantitative estimate of drug-likeness (QED) is 0.516. The normalized spacial score (nSPS) is 11.9. The van der Waals surface area contributed by atoms with E-state index in [1.165, 1.54) is 18.2 Å². The summed E-state index contributed by atoms with van der Waals surface area (Å²) in [6.07, 6.45) is 0.831. The van der Waals surface area contributed by atoms with E-state index in [0.29, 0.717) is 22.5 Å². The molecule has 1 unspecified atom stereocenters. The Kier molecular flexibility index (Phi) is 5.27. The van der Waals surface area contributed by atoms with Gasteiger partial charge in [0.25, 0.3) is 11.6 Å². The Hall–Kier alpha value is -1.43. The highest BCUT2D eigenvalue weighted by Gasteiger charge is 2.13. The standard InChI is InChI=1S/C12H15BrN2O3/c1-8-7-10(15(17)18)3-4-11(8)12(16)14-6-5-9(2)13/h3-4,7,9H,5-6H2,1-2H3,(H,14,16). The summed E-state index contributed by atoms with van der Waals surface area (Å²) in [7, 11) is 0. The van der Waals surface area contributed by atoms with Gasteiger partial charge in [-0.15, -0.1) is 0 Å². The number of amides is 1. The zero-order chi connectivity index (χ0) is 13.7. The minimum atomic E-state index is -0.471. The third-order valence-corrected chi connectivity index (χ3v) is 2.95. The maximum absolute atomic E-state index is 11.8. The van der Waals surface area contributed by atoms with Crippen LogP contribution in [0.2, 0.25) is 0 Å². The smallest absolute Gasteiger partial charge is 0.269 e. The van der Waals surface area contributed by atoms with E-state index in [0.717, 1.165) is 6.42 Å². The summed E-state index contributed by atoms with van der Waals surface area (Å²) in [5, 5.41) is 13.4. The zero-order valence-corrected chi connectivity index (χ0v) is 11.9. The van der Waals surface area contributed by atoms with Crippen molar-refractivity contribution < 1.29 is 9.72 Å². The summed E-state index contributed by atoms with van der Waals surface area (Å²) in [5.74, 6) is -0.199. The van der Waals surface area contributed by atoms with E-state index in [9.17, 15) is 14.9 Å². The first-order valence-corrected chi connectivity index (χ1v) is 6.50. The van der Waals surface area contributed by atoms with Gasteiger partial charge in [-0.25, -0.2) is 0 Å². The maximum Gasteiger partial charge on any atom is 0.269 e. The predicted octanol–water partition coefficient (Wildman–Crippen LogP) is 2.81. The van der Waals surface area contributed by atoms with Crippen molar-refractivity contribution in [3.63, 3.8) is 0 Å². The van der Waals surface area contributed by atoms with E-state index in [1.807, 2.05) is 6.92 Å². The second kappa shape index (κ2) is 6.49. The number of hydrogen-bond donors (Lipinski definition) is 1. The SMILES string of the molecule is Cc1cc([N+](=O)[O-])ccc1C(=O)NCCC(C)Br. The third kappa shape index (κ3) is 4.10. The number of hydrogen-bond acceptors (Lipinski definition) is 3. The number of halogens is 1. The summed E-state index contributed by atoms with van der Waals surface area (Å²) >= 11 is 3.39. The molecule has 1 rings (SSSR count). The third-order valence-electron chi connectivity index (χ3n) is 2.49. The number of rotatable bonds is 5. The van der Waals surface area contributed by atoms with Crippen LogP contribution in [0.1, 0.15) is 29.3 Å². The van der Waals surface area contributed by atoms with E-state index >= 15 is 0 Å².